The number of rotatable bonds is 16. The molecule has 0 fully saturated rings. The van der Waals surface area contributed by atoms with Crippen molar-refractivity contribution in [1.29, 1.82) is 0 Å². The van der Waals surface area contributed by atoms with E-state index < -0.39 is 0 Å². The van der Waals surface area contributed by atoms with E-state index in [1.54, 1.807) is 36.4 Å². The van der Waals surface area contributed by atoms with Gasteiger partial charge in [0.05, 0.1) is 11.4 Å². The number of halogens is 1. The molecule has 5 aromatic carbocycles. The fourth-order valence-electron chi connectivity index (χ4n) is 6.93. The molecule has 0 bridgehead atoms. The number of nitrogens with two attached hydrogens (primary N) is 5. The number of Topliss-reactive ketones (excluding diaryl/α,β-unsaturated/α-hetero) is 2. The summed E-state index contributed by atoms with van der Waals surface area (Å²) in [7, 11) is 0. The quantitative estimate of drug-likeness (QED) is 0.0461. The van der Waals surface area contributed by atoms with Gasteiger partial charge in [-0.2, -0.15) is 5.11 Å². The normalized spacial score (nSPS) is 10.9. The van der Waals surface area contributed by atoms with Gasteiger partial charge < -0.3 is 28.7 Å². The number of carbonyl (C=O) groups is 2. The molecule has 0 atom stereocenters. The molecule has 0 aliphatic heterocycles. The van der Waals surface area contributed by atoms with Crippen molar-refractivity contribution in [3.8, 4) is 0 Å². The van der Waals surface area contributed by atoms with E-state index in [1.165, 1.54) is 11.1 Å². The zero-order valence-electron chi connectivity index (χ0n) is 34.4. The molecule has 0 aliphatic rings. The van der Waals surface area contributed by atoms with Crippen LogP contribution < -0.4 is 28.7 Å². The smallest absolute Gasteiger partial charge is 0.162 e. The Morgan fingerprint density at radius 1 is 0.500 bits per heavy atom. The van der Waals surface area contributed by atoms with E-state index in [-0.39, 0.29) is 23.2 Å². The van der Waals surface area contributed by atoms with Gasteiger partial charge in [-0.05, 0) is 120 Å². The van der Waals surface area contributed by atoms with Gasteiger partial charge in [0.2, 0.25) is 0 Å². The summed E-state index contributed by atoms with van der Waals surface area (Å²) < 4.78 is 0. The number of aryl methyl sites for hydroxylation is 2. The Hall–Kier alpha value is -7.37. The molecular weight excluding hydrogens is 794 g/mol. The first kappa shape index (κ1) is 44.2. The van der Waals surface area contributed by atoms with Crippen LogP contribution in [0.15, 0.2) is 156 Å². The second kappa shape index (κ2) is 21.8. The summed E-state index contributed by atoms with van der Waals surface area (Å²) in [5, 5.41) is 9.23. The minimum Gasteiger partial charge on any atom is -0.396 e. The highest BCUT2D eigenvalue weighted by Crippen LogP contribution is 2.32. The van der Waals surface area contributed by atoms with Crippen molar-refractivity contribution >= 4 is 63.5 Å². The molecule has 11 nitrogen and oxygen atoms in total. The fraction of sp³-hybridized carbons (Fsp3) is 0.160. The third-order valence-corrected chi connectivity index (χ3v) is 10.4. The summed E-state index contributed by atoms with van der Waals surface area (Å²) in [5.74, 6) is 1.35. The number of azo groups is 1. The molecule has 0 saturated heterocycles. The first-order chi connectivity index (χ1) is 30.0. The Morgan fingerprint density at radius 2 is 0.968 bits per heavy atom. The average molecular weight is 844 g/mol. The first-order valence-corrected chi connectivity index (χ1v) is 20.7. The zero-order chi connectivity index (χ0) is 43.8. The van der Waals surface area contributed by atoms with E-state index in [4.69, 9.17) is 40.3 Å². The minimum absolute atomic E-state index is 0.124. The maximum absolute atomic E-state index is 12.8. The second-order valence-electron chi connectivity index (χ2n) is 14.9. The Bertz CT molecular complexity index is 2640. The highest BCUT2D eigenvalue weighted by atomic mass is 35.5. The van der Waals surface area contributed by atoms with Crippen LogP contribution in [0.2, 0.25) is 5.02 Å². The molecule has 2 aromatic heterocycles. The van der Waals surface area contributed by atoms with Crippen LogP contribution >= 0.6 is 11.6 Å². The van der Waals surface area contributed by atoms with Gasteiger partial charge in [0.1, 0.15) is 23.1 Å². The van der Waals surface area contributed by atoms with E-state index in [0.29, 0.717) is 70.5 Å². The molecule has 0 unspecified atom stereocenters. The topological polar surface area (TPSA) is 215 Å². The van der Waals surface area contributed by atoms with Crippen LogP contribution in [0.4, 0.5) is 40.3 Å². The van der Waals surface area contributed by atoms with Gasteiger partial charge >= 0.3 is 0 Å². The lowest BCUT2D eigenvalue weighted by molar-refractivity contribution is 0.0972. The summed E-state index contributed by atoms with van der Waals surface area (Å²) in [5.41, 5.74) is 38.6. The van der Waals surface area contributed by atoms with E-state index in [2.05, 4.69) is 44.5 Å². The first-order valence-electron chi connectivity index (χ1n) is 20.4. The monoisotopic (exact) mass is 843 g/mol. The van der Waals surface area contributed by atoms with E-state index in [1.807, 2.05) is 84.9 Å². The van der Waals surface area contributed by atoms with Crippen LogP contribution in [0.5, 0.6) is 0 Å². The van der Waals surface area contributed by atoms with Gasteiger partial charge in [0.25, 0.3) is 0 Å². The van der Waals surface area contributed by atoms with Crippen molar-refractivity contribution in [2.75, 3.05) is 28.7 Å². The van der Waals surface area contributed by atoms with E-state index in [0.717, 1.165) is 47.9 Å². The standard InChI is InChI=1S/C28H26ClN5O.C22H24N4O/c29-23-12-14-24(15-13-23)33-34-27-22(18-26(30)32-28(27)31)17-20-9-4-10-21(16-20)25(35)11-5-8-19-6-2-1-3-7-19;23-20-14-18(21(24)22(25)26-20)13-16-9-4-10-17(12-16)19(27)11-5-8-15-6-2-1-3-7-15/h1-4,6-7,9-10,12-16,18H,5,8,11,17H2,(H4,30,31,32);1-4,6-7,9-10,12,14H,5,8,11,13,24H2,(H4,23,25,26). The van der Waals surface area contributed by atoms with Crippen LogP contribution in [-0.2, 0) is 25.7 Å². The van der Waals surface area contributed by atoms with Crippen LogP contribution in [0.25, 0.3) is 0 Å². The number of pyridine rings is 2. The molecular formula is C50H50ClN9O2. The van der Waals surface area contributed by atoms with Gasteiger partial charge in [-0.3, -0.25) is 9.59 Å². The largest absolute Gasteiger partial charge is 0.396 e. The SMILES string of the molecule is Nc1cc(Cc2cccc(C(=O)CCCc3ccccc3)c2)c(N)c(N)n1.Nc1cc(Cc2cccc(C(=O)CCCc3ccccc3)c2)c(N=Nc2ccc(Cl)cc2)c(N)n1. The third kappa shape index (κ3) is 13.1. The lowest BCUT2D eigenvalue weighted by Gasteiger charge is -2.10. The maximum atomic E-state index is 12.8. The van der Waals surface area contributed by atoms with Gasteiger partial charge in [-0.15, -0.1) is 5.11 Å². The molecule has 7 rings (SSSR count). The predicted molar refractivity (Wildman–Crippen MR) is 252 cm³/mol. The highest BCUT2D eigenvalue weighted by Gasteiger charge is 2.14. The summed E-state index contributed by atoms with van der Waals surface area (Å²) in [6.07, 6.45) is 5.47. The number of hydrogen-bond donors (Lipinski definition) is 5. The Balaban J connectivity index is 0.000000214. The number of ketones is 2. The van der Waals surface area contributed by atoms with Gasteiger partial charge in [0, 0.05) is 29.0 Å². The van der Waals surface area contributed by atoms with Crippen LogP contribution in [0.1, 0.15) is 79.8 Å². The lowest BCUT2D eigenvalue weighted by atomic mass is 9.98. The number of hydrogen-bond acceptors (Lipinski definition) is 11. The molecule has 2 heterocycles. The minimum atomic E-state index is 0.124. The van der Waals surface area contributed by atoms with Gasteiger partial charge in [0.15, 0.2) is 17.4 Å². The number of nitrogens with zero attached hydrogens (tertiary/aromatic N) is 4. The Kier molecular flexibility index (Phi) is 15.5. The van der Waals surface area contributed by atoms with Crippen LogP contribution in [-0.4, -0.2) is 21.5 Å². The lowest BCUT2D eigenvalue weighted by Crippen LogP contribution is -2.06. The van der Waals surface area contributed by atoms with Crippen LogP contribution in [0, 0.1) is 0 Å². The average Bonchev–Trinajstić information content (AvgIpc) is 3.27. The summed E-state index contributed by atoms with van der Waals surface area (Å²) in [4.78, 5) is 33.4. The molecule has 10 N–H and O–H groups in total. The van der Waals surface area contributed by atoms with E-state index >= 15 is 0 Å². The summed E-state index contributed by atoms with van der Waals surface area (Å²) in [6, 6.07) is 46.1. The number of aromatic nitrogens is 2. The fourth-order valence-corrected chi connectivity index (χ4v) is 7.06. The number of carbonyl (C=O) groups excluding carboxylic acids is 2. The number of anilines is 5. The van der Waals surface area contributed by atoms with Crippen molar-refractivity contribution in [3.05, 3.63) is 195 Å². The summed E-state index contributed by atoms with van der Waals surface area (Å²) in [6.45, 7) is 0. The third-order valence-electron chi connectivity index (χ3n) is 10.1. The Morgan fingerprint density at radius 3 is 1.50 bits per heavy atom. The molecule has 0 aliphatic carbocycles. The predicted octanol–water partition coefficient (Wildman–Crippen LogP) is 10.7. The molecule has 0 spiro atoms. The Labute approximate surface area is 367 Å². The summed E-state index contributed by atoms with van der Waals surface area (Å²) >= 11 is 5.94. The van der Waals surface area contributed by atoms with Crippen molar-refractivity contribution in [3.63, 3.8) is 0 Å². The number of nitrogen functional groups attached to an aromatic ring is 5. The molecule has 62 heavy (non-hydrogen) atoms. The second-order valence-corrected chi connectivity index (χ2v) is 15.3. The zero-order valence-corrected chi connectivity index (χ0v) is 35.1. The van der Waals surface area contributed by atoms with E-state index in [9.17, 15) is 9.59 Å². The van der Waals surface area contributed by atoms with Crippen molar-refractivity contribution in [2.45, 2.75) is 51.4 Å². The van der Waals surface area contributed by atoms with Crippen molar-refractivity contribution < 1.29 is 9.59 Å². The van der Waals surface area contributed by atoms with Crippen molar-refractivity contribution in [2.24, 2.45) is 10.2 Å². The maximum Gasteiger partial charge on any atom is 0.162 e. The molecule has 0 radical (unpaired) electrons. The van der Waals surface area contributed by atoms with Gasteiger partial charge in [-0.1, -0.05) is 109 Å². The van der Waals surface area contributed by atoms with Crippen molar-refractivity contribution in [1.82, 2.24) is 9.97 Å². The molecule has 0 saturated carbocycles. The number of benzene rings is 5. The molecule has 12 heteroatoms. The van der Waals surface area contributed by atoms with Gasteiger partial charge in [-0.25, -0.2) is 9.97 Å². The highest BCUT2D eigenvalue weighted by molar-refractivity contribution is 6.30. The molecule has 7 aromatic rings. The van der Waals surface area contributed by atoms with Crippen LogP contribution in [0.3, 0.4) is 0 Å². The molecule has 0 amide bonds. The molecule has 314 valence electrons.